The summed E-state index contributed by atoms with van der Waals surface area (Å²) in [5.74, 6) is 0. The third-order valence-electron chi connectivity index (χ3n) is 14.0. The summed E-state index contributed by atoms with van der Waals surface area (Å²) < 4.78 is 5.35. The van der Waals surface area contributed by atoms with E-state index in [1.54, 1.807) is 0 Å². The first-order chi connectivity index (χ1) is 29.8. The Morgan fingerprint density at radius 2 is 0.700 bits per heavy atom. The van der Waals surface area contributed by atoms with Crippen molar-refractivity contribution in [3.05, 3.63) is 194 Å². The van der Waals surface area contributed by atoms with Gasteiger partial charge in [0.2, 0.25) is 0 Å². The molecule has 2 aromatic heterocycles. The Kier molecular flexibility index (Phi) is 5.78. The topological polar surface area (TPSA) is 16.3 Å². The Morgan fingerprint density at radius 1 is 0.300 bits per heavy atom. The molecule has 0 spiro atoms. The Morgan fingerprint density at radius 3 is 1.18 bits per heavy atom. The number of rotatable bonds is 2. The molecule has 274 valence electrons. The fourth-order valence-electron chi connectivity index (χ4n) is 11.9. The smallest absolute Gasteiger partial charge is 0.333 e. The molecule has 0 fully saturated rings. The second-order valence-electron chi connectivity index (χ2n) is 16.8. The molecular weight excluding hydrogens is 726 g/mol. The van der Waals surface area contributed by atoms with Crippen molar-refractivity contribution in [2.24, 2.45) is 0 Å². The van der Waals surface area contributed by atoms with Crippen molar-refractivity contribution < 1.29 is 0 Å². The lowest BCUT2D eigenvalue weighted by atomic mass is 9.41. The van der Waals surface area contributed by atoms with Gasteiger partial charge in [0, 0.05) is 88.9 Å². The predicted octanol–water partition coefficient (Wildman–Crippen LogP) is 10.7. The van der Waals surface area contributed by atoms with Gasteiger partial charge in [0.05, 0.1) is 0 Å². The van der Waals surface area contributed by atoms with Crippen LogP contribution in [0.3, 0.4) is 0 Å². The number of fused-ring (bicyclic) bond motifs is 14. The van der Waals surface area contributed by atoms with Crippen LogP contribution in [0.25, 0.3) is 65.9 Å². The molecule has 4 nitrogen and oxygen atoms in total. The summed E-state index contributed by atoms with van der Waals surface area (Å²) in [4.78, 5) is 5.08. The first-order valence-electron chi connectivity index (χ1n) is 21.0. The molecule has 0 bridgehead atoms. The normalized spacial score (nSPS) is 13.9. The van der Waals surface area contributed by atoms with Crippen LogP contribution in [-0.2, 0) is 0 Å². The van der Waals surface area contributed by atoms with Crippen molar-refractivity contribution in [3.8, 4) is 22.3 Å². The quantitative estimate of drug-likeness (QED) is 0.163. The van der Waals surface area contributed by atoms with E-state index >= 15 is 0 Å². The lowest BCUT2D eigenvalue weighted by Crippen LogP contribution is -2.61. The molecule has 0 saturated heterocycles. The molecule has 0 unspecified atom stereocenters. The highest BCUT2D eigenvalue weighted by Gasteiger charge is 2.47. The number of anilines is 6. The SMILES string of the molecule is c1ccc(N2c3cc4c(cc3B3c5c(cccc52)-c2cccc5c6ccccc6n3c25)B2c3c(cccc3N4c3ccccc3)-c3cccc4c5ccccc5n2c34)cc1. The van der Waals surface area contributed by atoms with E-state index in [0.717, 1.165) is 11.4 Å². The summed E-state index contributed by atoms with van der Waals surface area (Å²) >= 11 is 0. The van der Waals surface area contributed by atoms with Gasteiger partial charge in [-0.15, -0.1) is 0 Å². The zero-order chi connectivity index (χ0) is 38.8. The van der Waals surface area contributed by atoms with Crippen LogP contribution in [0.4, 0.5) is 34.1 Å². The number of nitrogens with zero attached hydrogens (tertiary/aromatic N) is 4. The average Bonchev–Trinajstić information content (AvgIpc) is 3.83. The fourth-order valence-corrected chi connectivity index (χ4v) is 11.9. The van der Waals surface area contributed by atoms with Crippen molar-refractivity contribution >= 4 is 113 Å². The van der Waals surface area contributed by atoms with Crippen LogP contribution in [-0.4, -0.2) is 22.7 Å². The maximum atomic E-state index is 2.68. The van der Waals surface area contributed by atoms with Gasteiger partial charge in [-0.1, -0.05) is 140 Å². The summed E-state index contributed by atoms with van der Waals surface area (Å²) in [5, 5.41) is 5.21. The van der Waals surface area contributed by atoms with Gasteiger partial charge >= 0.3 is 13.7 Å². The van der Waals surface area contributed by atoms with Crippen molar-refractivity contribution in [1.82, 2.24) is 8.96 Å². The molecule has 6 heterocycles. The lowest BCUT2D eigenvalue weighted by Gasteiger charge is -2.44. The molecule has 0 amide bonds. The molecular formula is C54H32B2N4. The third-order valence-corrected chi connectivity index (χ3v) is 14.0. The van der Waals surface area contributed by atoms with E-state index in [-0.39, 0.29) is 13.7 Å². The van der Waals surface area contributed by atoms with Gasteiger partial charge in [0.15, 0.2) is 0 Å². The summed E-state index contributed by atoms with van der Waals surface area (Å²) in [6.07, 6.45) is 0. The largest absolute Gasteiger partial charge is 0.375 e. The molecule has 0 saturated carbocycles. The number of benzene rings is 9. The number of hydrogen-bond acceptors (Lipinski definition) is 2. The van der Waals surface area contributed by atoms with Crippen molar-refractivity contribution in [2.45, 2.75) is 0 Å². The zero-order valence-corrected chi connectivity index (χ0v) is 32.4. The minimum atomic E-state index is -0.0483. The highest BCUT2D eigenvalue weighted by atomic mass is 15.2. The summed E-state index contributed by atoms with van der Waals surface area (Å²) in [6.45, 7) is -0.0965. The second kappa shape index (κ2) is 11.1. The lowest BCUT2D eigenvalue weighted by molar-refractivity contribution is 1.23. The Hall–Kier alpha value is -7.69. The van der Waals surface area contributed by atoms with E-state index in [1.165, 1.54) is 110 Å². The van der Waals surface area contributed by atoms with E-state index in [9.17, 15) is 0 Å². The summed E-state index contributed by atoms with van der Waals surface area (Å²) in [6, 6.07) is 72.9. The fraction of sp³-hybridized carbons (Fsp3) is 0. The van der Waals surface area contributed by atoms with Crippen LogP contribution < -0.4 is 31.7 Å². The van der Waals surface area contributed by atoms with Crippen molar-refractivity contribution in [1.29, 1.82) is 0 Å². The molecule has 60 heavy (non-hydrogen) atoms. The van der Waals surface area contributed by atoms with Crippen LogP contribution in [0.15, 0.2) is 194 Å². The molecule has 0 atom stereocenters. The average molecular weight is 759 g/mol. The maximum Gasteiger partial charge on any atom is 0.333 e. The van der Waals surface area contributed by atoms with Gasteiger partial charge in [0.25, 0.3) is 0 Å². The third kappa shape index (κ3) is 3.68. The molecule has 0 aliphatic carbocycles. The number of hydrogen-bond donors (Lipinski definition) is 0. The zero-order valence-electron chi connectivity index (χ0n) is 32.4. The highest BCUT2D eigenvalue weighted by Crippen LogP contribution is 2.49. The van der Waals surface area contributed by atoms with Gasteiger partial charge in [-0.25, -0.2) is 0 Å². The van der Waals surface area contributed by atoms with Crippen molar-refractivity contribution in [3.63, 3.8) is 0 Å². The van der Waals surface area contributed by atoms with E-state index in [2.05, 4.69) is 213 Å². The van der Waals surface area contributed by atoms with E-state index in [0.29, 0.717) is 0 Å². The Balaban J connectivity index is 1.13. The van der Waals surface area contributed by atoms with E-state index in [1.807, 2.05) is 0 Å². The molecule has 0 radical (unpaired) electrons. The second-order valence-corrected chi connectivity index (χ2v) is 16.8. The number of aromatic nitrogens is 2. The molecule has 15 rings (SSSR count). The molecule has 0 N–H and O–H groups in total. The minimum absolute atomic E-state index is 0.0483. The van der Waals surface area contributed by atoms with Crippen molar-refractivity contribution in [2.75, 3.05) is 9.80 Å². The number of para-hydroxylation sites is 6. The molecule has 4 aliphatic heterocycles. The van der Waals surface area contributed by atoms with Gasteiger partial charge in [0.1, 0.15) is 0 Å². The molecule has 11 aromatic rings. The molecule has 9 aromatic carbocycles. The van der Waals surface area contributed by atoms with Crippen LogP contribution in [0, 0.1) is 0 Å². The first-order valence-corrected chi connectivity index (χ1v) is 21.0. The van der Waals surface area contributed by atoms with Crippen LogP contribution in [0.2, 0.25) is 0 Å². The standard InChI is InChI=1S/C54H32B2N4/c1-3-15-33(16-4-1)57-47-29-13-21-37-41-25-11-23-39-35-19-7-9-27-45(35)59(53(39)41)55(51(37)47)43-31-44-50(32-49(43)57)58(34-17-5-2-6-18-34)48-30-14-22-38-42-26-12-24-40-36-20-8-10-28-46(36)60(54(40)42)56(44)52(38)48/h1-32H. The summed E-state index contributed by atoms with van der Waals surface area (Å²) in [7, 11) is 0. The Labute approximate surface area is 347 Å². The first kappa shape index (κ1) is 31.3. The molecule has 6 heteroatoms. The minimum Gasteiger partial charge on any atom is -0.375 e. The van der Waals surface area contributed by atoms with Gasteiger partial charge < -0.3 is 18.8 Å². The molecule has 4 aliphatic rings. The van der Waals surface area contributed by atoms with E-state index in [4.69, 9.17) is 0 Å². The predicted molar refractivity (Wildman–Crippen MR) is 254 cm³/mol. The van der Waals surface area contributed by atoms with Crippen LogP contribution in [0.5, 0.6) is 0 Å². The van der Waals surface area contributed by atoms with E-state index < -0.39 is 0 Å². The van der Waals surface area contributed by atoms with Gasteiger partial charge in [-0.05, 0) is 87.6 Å². The monoisotopic (exact) mass is 758 g/mol. The highest BCUT2D eigenvalue weighted by molar-refractivity contribution is 6.93. The summed E-state index contributed by atoms with van der Waals surface area (Å²) in [5.41, 5.74) is 22.9. The van der Waals surface area contributed by atoms with Crippen LogP contribution in [0.1, 0.15) is 0 Å². The Bertz CT molecular complexity index is 3460. The maximum absolute atomic E-state index is 2.68. The van der Waals surface area contributed by atoms with Gasteiger partial charge in [-0.2, -0.15) is 0 Å². The van der Waals surface area contributed by atoms with Gasteiger partial charge in [-0.3, -0.25) is 0 Å². The van der Waals surface area contributed by atoms with Crippen LogP contribution >= 0.6 is 0 Å².